The van der Waals surface area contributed by atoms with Gasteiger partial charge in [-0.2, -0.15) is 13.2 Å². The first-order valence-corrected chi connectivity index (χ1v) is 10.5. The molecule has 174 valence electrons. The maximum atomic E-state index is 14.2. The van der Waals surface area contributed by atoms with E-state index in [0.717, 1.165) is 31.4 Å². The van der Waals surface area contributed by atoms with Gasteiger partial charge in [-0.15, -0.1) is 0 Å². The number of rotatable bonds is 3. The normalized spacial score (nSPS) is 23.5. The molecule has 3 heterocycles. The Bertz CT molecular complexity index is 1240. The van der Waals surface area contributed by atoms with Crippen LogP contribution in [0.4, 0.5) is 17.6 Å². The number of hydrogen-bond acceptors (Lipinski definition) is 4. The zero-order chi connectivity index (χ0) is 23.7. The zero-order valence-electron chi connectivity index (χ0n) is 17.2. The highest BCUT2D eigenvalue weighted by Gasteiger charge is 2.51. The summed E-state index contributed by atoms with van der Waals surface area (Å²) in [7, 11) is 0. The minimum Gasteiger partial charge on any atom is -0.503 e. The fraction of sp³-hybridized carbons (Fsp3) is 0.409. The molecule has 7 nitrogen and oxygen atoms in total. The predicted molar refractivity (Wildman–Crippen MR) is 106 cm³/mol. The number of benzene rings is 1. The van der Waals surface area contributed by atoms with Gasteiger partial charge in [-0.05, 0) is 31.2 Å². The Balaban J connectivity index is 1.42. The fourth-order valence-corrected chi connectivity index (χ4v) is 5.35. The van der Waals surface area contributed by atoms with E-state index in [9.17, 15) is 37.1 Å². The number of piperidine rings is 1. The number of nitrogens with one attached hydrogen (secondary N) is 1. The quantitative estimate of drug-likeness (QED) is 0.682. The lowest BCUT2D eigenvalue weighted by Gasteiger charge is -2.40. The lowest BCUT2D eigenvalue weighted by Crippen LogP contribution is -2.52. The predicted octanol–water partition coefficient (Wildman–Crippen LogP) is 2.65. The summed E-state index contributed by atoms with van der Waals surface area (Å²) in [5.74, 6) is -3.50. The monoisotopic (exact) mass is 465 g/mol. The molecule has 1 aromatic carbocycles. The maximum absolute atomic E-state index is 14.2. The summed E-state index contributed by atoms with van der Waals surface area (Å²) in [4.78, 5) is 40.0. The Hall–Kier alpha value is -3.37. The molecule has 0 radical (unpaired) electrons. The van der Waals surface area contributed by atoms with Crippen LogP contribution in [0.3, 0.4) is 0 Å². The van der Waals surface area contributed by atoms with Gasteiger partial charge >= 0.3 is 6.18 Å². The smallest absolute Gasteiger partial charge is 0.419 e. The van der Waals surface area contributed by atoms with Gasteiger partial charge in [0.2, 0.25) is 5.43 Å². The third-order valence-corrected chi connectivity index (χ3v) is 6.89. The molecule has 2 aliphatic heterocycles. The van der Waals surface area contributed by atoms with Crippen LogP contribution in [0.1, 0.15) is 51.2 Å². The molecule has 2 aromatic rings. The molecule has 2 bridgehead atoms. The highest BCUT2D eigenvalue weighted by atomic mass is 19.4. The minimum absolute atomic E-state index is 0.0826. The van der Waals surface area contributed by atoms with Crippen molar-refractivity contribution in [1.29, 1.82) is 0 Å². The summed E-state index contributed by atoms with van der Waals surface area (Å²) in [6.07, 6.45) is -0.989. The van der Waals surface area contributed by atoms with Crippen molar-refractivity contribution in [3.63, 3.8) is 0 Å². The van der Waals surface area contributed by atoms with Gasteiger partial charge in [0.1, 0.15) is 11.4 Å². The van der Waals surface area contributed by atoms with Crippen molar-refractivity contribution < 1.29 is 32.3 Å². The highest BCUT2D eigenvalue weighted by molar-refractivity contribution is 5.99. The lowest BCUT2D eigenvalue weighted by molar-refractivity contribution is -0.140. The average Bonchev–Trinajstić information content (AvgIpc) is 3.36. The topological polar surface area (TPSA) is 91.6 Å². The van der Waals surface area contributed by atoms with E-state index in [-0.39, 0.29) is 17.8 Å². The van der Waals surface area contributed by atoms with Crippen LogP contribution < -0.4 is 10.7 Å². The second-order valence-corrected chi connectivity index (χ2v) is 8.69. The zero-order valence-corrected chi connectivity index (χ0v) is 17.2. The number of hydrogen-bond donors (Lipinski definition) is 2. The summed E-state index contributed by atoms with van der Waals surface area (Å²) < 4.78 is 54.3. The van der Waals surface area contributed by atoms with Crippen molar-refractivity contribution in [3.05, 3.63) is 62.8 Å². The van der Waals surface area contributed by atoms with Crippen LogP contribution in [0.5, 0.6) is 5.75 Å². The molecule has 11 heteroatoms. The number of nitrogens with zero attached hydrogens (tertiary/aromatic N) is 2. The van der Waals surface area contributed by atoms with Crippen LogP contribution in [0.2, 0.25) is 0 Å². The van der Waals surface area contributed by atoms with Crippen LogP contribution in [-0.4, -0.2) is 38.5 Å². The molecule has 3 atom stereocenters. The number of carbonyl (C=O) groups is 2. The molecule has 2 amide bonds. The molecule has 0 spiro atoms. The Morgan fingerprint density at radius 2 is 1.97 bits per heavy atom. The van der Waals surface area contributed by atoms with E-state index in [0.29, 0.717) is 18.5 Å². The Kier molecular flexibility index (Phi) is 4.77. The van der Waals surface area contributed by atoms with Crippen LogP contribution in [0.15, 0.2) is 29.2 Å². The van der Waals surface area contributed by atoms with Gasteiger partial charge in [0.25, 0.3) is 11.8 Å². The summed E-state index contributed by atoms with van der Waals surface area (Å²) in [5, 5.41) is 12.7. The minimum atomic E-state index is -4.90. The second kappa shape index (κ2) is 7.32. The summed E-state index contributed by atoms with van der Waals surface area (Å²) in [5.41, 5.74) is -3.60. The molecule has 2 fully saturated rings. The third-order valence-electron chi connectivity index (χ3n) is 6.89. The van der Waals surface area contributed by atoms with Crippen molar-refractivity contribution in [2.24, 2.45) is 5.92 Å². The van der Waals surface area contributed by atoms with Crippen molar-refractivity contribution >= 4 is 11.8 Å². The molecule has 33 heavy (non-hydrogen) atoms. The molecular formula is C22H19F4N3O4. The molecule has 1 saturated heterocycles. The summed E-state index contributed by atoms with van der Waals surface area (Å²) in [6, 6.07) is 2.69. The standard InChI is InChI=1S/C22H19F4N3O4/c23-16-11(2-1-3-14(16)22(24,25)26)7-27-20(32)13-8-28-9-15-10-4-5-12(6-10)29(15)21(33)17(28)19(31)18(13)30/h1-3,8,10,12,15,31H,4-7,9H2,(H,27,32). The van der Waals surface area contributed by atoms with E-state index >= 15 is 0 Å². The van der Waals surface area contributed by atoms with Crippen LogP contribution >= 0.6 is 0 Å². The number of aromatic hydroxyl groups is 1. The first-order chi connectivity index (χ1) is 15.6. The van der Waals surface area contributed by atoms with Crippen molar-refractivity contribution in [3.8, 4) is 5.75 Å². The van der Waals surface area contributed by atoms with E-state index in [1.54, 1.807) is 4.90 Å². The first kappa shape index (κ1) is 21.5. The molecule has 1 aromatic heterocycles. The van der Waals surface area contributed by atoms with E-state index in [1.165, 1.54) is 10.8 Å². The molecule has 2 N–H and O–H groups in total. The number of alkyl halides is 3. The number of carbonyl (C=O) groups excluding carboxylic acids is 2. The SMILES string of the molecule is O=C(NCc1cccc(C(F)(F)F)c1F)c1cn2c(c(O)c1=O)C(=O)N1C3CCC(C3)C1C2. The fourth-order valence-electron chi connectivity index (χ4n) is 5.35. The molecule has 1 aliphatic carbocycles. The van der Waals surface area contributed by atoms with Gasteiger partial charge in [0.15, 0.2) is 11.4 Å². The van der Waals surface area contributed by atoms with Crippen molar-refractivity contribution in [2.45, 2.75) is 50.6 Å². The van der Waals surface area contributed by atoms with E-state index in [4.69, 9.17) is 0 Å². The Morgan fingerprint density at radius 3 is 2.70 bits per heavy atom. The van der Waals surface area contributed by atoms with E-state index < -0.39 is 58.2 Å². The van der Waals surface area contributed by atoms with Crippen molar-refractivity contribution in [2.75, 3.05) is 0 Å². The van der Waals surface area contributed by atoms with Crippen LogP contribution in [0, 0.1) is 11.7 Å². The van der Waals surface area contributed by atoms with Gasteiger partial charge in [0, 0.05) is 30.9 Å². The number of fused-ring (bicyclic) bond motifs is 6. The molecule has 5 rings (SSSR count). The van der Waals surface area contributed by atoms with Gasteiger partial charge in [-0.1, -0.05) is 12.1 Å². The second-order valence-electron chi connectivity index (χ2n) is 8.69. The molecule has 1 saturated carbocycles. The van der Waals surface area contributed by atoms with Gasteiger partial charge in [-0.25, -0.2) is 4.39 Å². The third kappa shape index (κ3) is 3.28. The number of pyridine rings is 1. The van der Waals surface area contributed by atoms with E-state index in [2.05, 4.69) is 5.32 Å². The van der Waals surface area contributed by atoms with Gasteiger partial charge < -0.3 is 19.9 Å². The van der Waals surface area contributed by atoms with Crippen molar-refractivity contribution in [1.82, 2.24) is 14.8 Å². The Morgan fingerprint density at radius 1 is 1.21 bits per heavy atom. The van der Waals surface area contributed by atoms with Crippen LogP contribution in [0.25, 0.3) is 0 Å². The maximum Gasteiger partial charge on any atom is 0.419 e. The van der Waals surface area contributed by atoms with Crippen LogP contribution in [-0.2, 0) is 19.3 Å². The van der Waals surface area contributed by atoms with Gasteiger partial charge in [0.05, 0.1) is 11.6 Å². The molecular weight excluding hydrogens is 446 g/mol. The Labute approximate surface area is 184 Å². The average molecular weight is 465 g/mol. The lowest BCUT2D eigenvalue weighted by atomic mass is 9.95. The number of halogens is 4. The van der Waals surface area contributed by atoms with E-state index in [1.807, 2.05) is 0 Å². The highest BCUT2D eigenvalue weighted by Crippen LogP contribution is 2.45. The molecule has 3 aliphatic rings. The number of aromatic nitrogens is 1. The number of amides is 2. The summed E-state index contributed by atoms with van der Waals surface area (Å²) in [6.45, 7) is -0.283. The molecule has 3 unspecified atom stereocenters. The van der Waals surface area contributed by atoms with Gasteiger partial charge in [-0.3, -0.25) is 14.4 Å². The first-order valence-electron chi connectivity index (χ1n) is 10.5. The largest absolute Gasteiger partial charge is 0.503 e. The summed E-state index contributed by atoms with van der Waals surface area (Å²) >= 11 is 0.